The molecule has 0 unspecified atom stereocenters. The molecule has 1 aromatic heterocycles. The predicted octanol–water partition coefficient (Wildman–Crippen LogP) is 2.12. The number of anilines is 1. The van der Waals surface area contributed by atoms with Gasteiger partial charge >= 0.3 is 0 Å². The lowest BCUT2D eigenvalue weighted by Gasteiger charge is -2.33. The van der Waals surface area contributed by atoms with E-state index in [9.17, 15) is 0 Å². The Kier molecular flexibility index (Phi) is 4.42. The molecule has 2 rings (SSSR count). The van der Waals surface area contributed by atoms with E-state index in [2.05, 4.69) is 16.9 Å². The van der Waals surface area contributed by atoms with Crippen molar-refractivity contribution in [2.45, 2.75) is 51.6 Å². The van der Waals surface area contributed by atoms with E-state index in [1.807, 2.05) is 10.9 Å². The van der Waals surface area contributed by atoms with Gasteiger partial charge in [0, 0.05) is 18.8 Å². The van der Waals surface area contributed by atoms with Crippen molar-refractivity contribution in [2.24, 2.45) is 0 Å². The fraction of sp³-hybridized carbons (Fsp3) is 0.769. The summed E-state index contributed by atoms with van der Waals surface area (Å²) in [4.78, 5) is 2.59. The van der Waals surface area contributed by atoms with Gasteiger partial charge in [-0.25, -0.2) is 0 Å². The average molecular weight is 236 g/mol. The van der Waals surface area contributed by atoms with Crippen LogP contribution in [-0.4, -0.2) is 33.8 Å². The first-order valence-electron chi connectivity index (χ1n) is 6.81. The number of hydrogen-bond donors (Lipinski definition) is 1. The molecular formula is C13H24N4. The second kappa shape index (κ2) is 6.05. The van der Waals surface area contributed by atoms with Crippen molar-refractivity contribution < 1.29 is 0 Å². The summed E-state index contributed by atoms with van der Waals surface area (Å²) >= 11 is 0. The Hall–Kier alpha value is -1.03. The Morgan fingerprint density at radius 1 is 1.41 bits per heavy atom. The van der Waals surface area contributed by atoms with Crippen molar-refractivity contribution in [2.75, 3.05) is 18.8 Å². The van der Waals surface area contributed by atoms with Crippen LogP contribution < -0.4 is 5.73 Å². The summed E-state index contributed by atoms with van der Waals surface area (Å²) in [5.74, 6) is 0. The third kappa shape index (κ3) is 3.46. The quantitative estimate of drug-likeness (QED) is 0.852. The standard InChI is InChI=1S/C13H24N4/c1-2-16(13-6-4-3-5-7-13)8-9-17-11-12(14)10-15-17/h10-11,13H,2-9,14H2,1H3. The molecule has 4 nitrogen and oxygen atoms in total. The minimum Gasteiger partial charge on any atom is -0.396 e. The molecule has 4 heteroatoms. The molecule has 96 valence electrons. The van der Waals surface area contributed by atoms with Gasteiger partial charge in [-0.3, -0.25) is 9.58 Å². The van der Waals surface area contributed by atoms with Gasteiger partial charge in [0.2, 0.25) is 0 Å². The predicted molar refractivity (Wildman–Crippen MR) is 70.8 cm³/mol. The largest absolute Gasteiger partial charge is 0.396 e. The number of nitrogens with zero attached hydrogens (tertiary/aromatic N) is 3. The van der Waals surface area contributed by atoms with E-state index in [-0.39, 0.29) is 0 Å². The number of rotatable bonds is 5. The van der Waals surface area contributed by atoms with E-state index in [0.29, 0.717) is 0 Å². The zero-order valence-corrected chi connectivity index (χ0v) is 10.8. The maximum Gasteiger partial charge on any atom is 0.0719 e. The van der Waals surface area contributed by atoms with Gasteiger partial charge in [0.25, 0.3) is 0 Å². The molecule has 2 N–H and O–H groups in total. The van der Waals surface area contributed by atoms with Crippen LogP contribution >= 0.6 is 0 Å². The molecule has 1 aliphatic carbocycles. The third-order valence-corrected chi connectivity index (χ3v) is 3.77. The summed E-state index contributed by atoms with van der Waals surface area (Å²) in [7, 11) is 0. The van der Waals surface area contributed by atoms with Crippen molar-refractivity contribution >= 4 is 5.69 Å². The SMILES string of the molecule is CCN(CCn1cc(N)cn1)C1CCCCC1. The van der Waals surface area contributed by atoms with E-state index in [4.69, 9.17) is 5.73 Å². The van der Waals surface area contributed by atoms with Crippen LogP contribution in [0.25, 0.3) is 0 Å². The molecule has 1 saturated carbocycles. The third-order valence-electron chi connectivity index (χ3n) is 3.77. The van der Waals surface area contributed by atoms with E-state index in [1.54, 1.807) is 6.20 Å². The van der Waals surface area contributed by atoms with Crippen LogP contribution in [0.1, 0.15) is 39.0 Å². The minimum absolute atomic E-state index is 0.755. The van der Waals surface area contributed by atoms with Crippen LogP contribution in [0, 0.1) is 0 Å². The number of nitrogens with two attached hydrogens (primary N) is 1. The number of aromatic nitrogens is 2. The van der Waals surface area contributed by atoms with Gasteiger partial charge in [-0.1, -0.05) is 26.2 Å². The monoisotopic (exact) mass is 236 g/mol. The topological polar surface area (TPSA) is 47.1 Å². The van der Waals surface area contributed by atoms with Crippen molar-refractivity contribution in [3.63, 3.8) is 0 Å². The number of nitrogen functional groups attached to an aromatic ring is 1. The Bertz CT molecular complexity index is 328. The lowest BCUT2D eigenvalue weighted by Crippen LogP contribution is -2.38. The molecular weight excluding hydrogens is 212 g/mol. The molecule has 0 aromatic carbocycles. The highest BCUT2D eigenvalue weighted by Crippen LogP contribution is 2.22. The molecule has 0 atom stereocenters. The lowest BCUT2D eigenvalue weighted by atomic mass is 9.94. The van der Waals surface area contributed by atoms with Crippen LogP contribution in [0.4, 0.5) is 5.69 Å². The van der Waals surface area contributed by atoms with Crippen LogP contribution in [0.2, 0.25) is 0 Å². The van der Waals surface area contributed by atoms with Crippen molar-refractivity contribution in [3.05, 3.63) is 12.4 Å². The van der Waals surface area contributed by atoms with Crippen LogP contribution in [0.5, 0.6) is 0 Å². The molecule has 0 amide bonds. The van der Waals surface area contributed by atoms with Crippen molar-refractivity contribution in [1.29, 1.82) is 0 Å². The Morgan fingerprint density at radius 2 is 2.18 bits per heavy atom. The first-order valence-corrected chi connectivity index (χ1v) is 6.81. The second-order valence-electron chi connectivity index (χ2n) is 4.96. The highest BCUT2D eigenvalue weighted by molar-refractivity contribution is 5.30. The van der Waals surface area contributed by atoms with Crippen LogP contribution in [-0.2, 0) is 6.54 Å². The zero-order chi connectivity index (χ0) is 12.1. The smallest absolute Gasteiger partial charge is 0.0719 e. The highest BCUT2D eigenvalue weighted by Gasteiger charge is 2.19. The fourth-order valence-corrected chi connectivity index (χ4v) is 2.78. The maximum atomic E-state index is 5.66. The van der Waals surface area contributed by atoms with E-state index in [1.165, 1.54) is 32.1 Å². The summed E-state index contributed by atoms with van der Waals surface area (Å²) in [6.45, 7) is 5.43. The average Bonchev–Trinajstić information content (AvgIpc) is 2.77. The zero-order valence-electron chi connectivity index (χ0n) is 10.8. The molecule has 17 heavy (non-hydrogen) atoms. The van der Waals surface area contributed by atoms with Gasteiger partial charge in [-0.2, -0.15) is 5.10 Å². The maximum absolute atomic E-state index is 5.66. The molecule has 0 bridgehead atoms. The molecule has 1 fully saturated rings. The molecule has 0 radical (unpaired) electrons. The molecule has 1 aromatic rings. The minimum atomic E-state index is 0.755. The molecule has 0 saturated heterocycles. The molecule has 1 heterocycles. The van der Waals surface area contributed by atoms with Crippen LogP contribution in [0.3, 0.4) is 0 Å². The van der Waals surface area contributed by atoms with E-state index in [0.717, 1.165) is 31.4 Å². The Balaban J connectivity index is 1.82. The Morgan fingerprint density at radius 3 is 2.76 bits per heavy atom. The van der Waals surface area contributed by atoms with Gasteiger partial charge in [0.05, 0.1) is 18.4 Å². The number of hydrogen-bond acceptors (Lipinski definition) is 3. The summed E-state index contributed by atoms with van der Waals surface area (Å²) in [6.07, 6.45) is 10.6. The lowest BCUT2D eigenvalue weighted by molar-refractivity contribution is 0.156. The Labute approximate surface area is 104 Å². The molecule has 0 aliphatic heterocycles. The summed E-state index contributed by atoms with van der Waals surface area (Å²) in [5, 5.41) is 4.23. The van der Waals surface area contributed by atoms with Crippen molar-refractivity contribution in [3.8, 4) is 0 Å². The normalized spacial score (nSPS) is 17.8. The van der Waals surface area contributed by atoms with Crippen molar-refractivity contribution in [1.82, 2.24) is 14.7 Å². The van der Waals surface area contributed by atoms with Crippen LogP contribution in [0.15, 0.2) is 12.4 Å². The molecule has 1 aliphatic rings. The summed E-state index contributed by atoms with van der Waals surface area (Å²) < 4.78 is 1.95. The summed E-state index contributed by atoms with van der Waals surface area (Å²) in [6, 6.07) is 0.793. The van der Waals surface area contributed by atoms with Gasteiger partial charge in [-0.15, -0.1) is 0 Å². The number of likely N-dealkylation sites (N-methyl/N-ethyl adjacent to an activating group) is 1. The first-order chi connectivity index (χ1) is 8.29. The summed E-state index contributed by atoms with van der Waals surface area (Å²) in [5.41, 5.74) is 6.42. The van der Waals surface area contributed by atoms with E-state index >= 15 is 0 Å². The van der Waals surface area contributed by atoms with Gasteiger partial charge in [0.15, 0.2) is 0 Å². The van der Waals surface area contributed by atoms with Gasteiger partial charge in [-0.05, 0) is 19.4 Å². The van der Waals surface area contributed by atoms with Gasteiger partial charge in [0.1, 0.15) is 0 Å². The first kappa shape index (κ1) is 12.4. The fourth-order valence-electron chi connectivity index (χ4n) is 2.78. The highest BCUT2D eigenvalue weighted by atomic mass is 15.3. The molecule has 0 spiro atoms. The second-order valence-corrected chi connectivity index (χ2v) is 4.96. The van der Waals surface area contributed by atoms with Gasteiger partial charge < -0.3 is 5.73 Å². The van der Waals surface area contributed by atoms with E-state index < -0.39 is 0 Å².